The number of halogens is 1. The molecule has 3 aromatic heterocycles. The van der Waals surface area contributed by atoms with Gasteiger partial charge in [-0.2, -0.15) is 5.10 Å². The van der Waals surface area contributed by atoms with Crippen LogP contribution in [0.15, 0.2) is 79.3 Å². The molecule has 0 aliphatic carbocycles. The molecule has 282 valence electrons. The summed E-state index contributed by atoms with van der Waals surface area (Å²) in [6, 6.07) is 20.1. The van der Waals surface area contributed by atoms with Crippen molar-refractivity contribution < 1.29 is 23.5 Å². The Kier molecular flexibility index (Phi) is 9.06. The number of para-hydroxylation sites is 1. The van der Waals surface area contributed by atoms with Gasteiger partial charge < -0.3 is 20.7 Å². The van der Waals surface area contributed by atoms with Crippen molar-refractivity contribution in [1.82, 2.24) is 45.2 Å². The third kappa shape index (κ3) is 6.82. The van der Waals surface area contributed by atoms with Crippen LogP contribution in [0.25, 0.3) is 22.3 Å². The Labute approximate surface area is 315 Å². The average molecular weight is 746 g/mol. The first-order chi connectivity index (χ1) is 26.8. The summed E-state index contributed by atoms with van der Waals surface area (Å²) < 4.78 is 23.8. The summed E-state index contributed by atoms with van der Waals surface area (Å²) in [5.41, 5.74) is 9.44. The van der Waals surface area contributed by atoms with Gasteiger partial charge in [-0.25, -0.2) is 24.0 Å². The van der Waals surface area contributed by atoms with Crippen molar-refractivity contribution in [1.29, 1.82) is 0 Å². The lowest BCUT2D eigenvalue weighted by Gasteiger charge is -2.55. The number of hydrogen-bond donors (Lipinski definition) is 3. The number of likely N-dealkylation sites (tertiary alicyclic amines) is 2. The van der Waals surface area contributed by atoms with Gasteiger partial charge in [0.25, 0.3) is 5.91 Å². The quantitative estimate of drug-likeness (QED) is 0.189. The molecular weight excluding hydrogens is 706 g/mol. The fourth-order valence-electron chi connectivity index (χ4n) is 7.94. The summed E-state index contributed by atoms with van der Waals surface area (Å²) >= 11 is 0. The highest BCUT2D eigenvalue weighted by molar-refractivity contribution is 6.03. The minimum Gasteiger partial charge on any atom is -0.457 e. The number of benzene rings is 2. The van der Waals surface area contributed by atoms with Crippen LogP contribution in [0.2, 0.25) is 0 Å². The van der Waals surface area contributed by atoms with E-state index in [9.17, 15) is 14.4 Å². The normalized spacial score (nSPS) is 22.6. The van der Waals surface area contributed by atoms with E-state index in [2.05, 4.69) is 40.3 Å². The lowest BCUT2D eigenvalue weighted by molar-refractivity contribution is -0.134. The Morgan fingerprint density at radius 3 is 2.36 bits per heavy atom. The number of fused-ring (bicyclic) bond motifs is 1. The summed E-state index contributed by atoms with van der Waals surface area (Å²) in [6.07, 6.45) is 2.98. The van der Waals surface area contributed by atoms with Crippen molar-refractivity contribution in [3.05, 3.63) is 84.9 Å². The highest BCUT2D eigenvalue weighted by Crippen LogP contribution is 2.37. The van der Waals surface area contributed by atoms with Crippen molar-refractivity contribution in [2.45, 2.75) is 49.6 Å². The van der Waals surface area contributed by atoms with E-state index in [4.69, 9.17) is 15.6 Å². The molecule has 9 rings (SSSR count). The Morgan fingerprint density at radius 2 is 1.64 bits per heavy atom. The monoisotopic (exact) mass is 745 g/mol. The van der Waals surface area contributed by atoms with Gasteiger partial charge in [0.15, 0.2) is 5.65 Å². The largest absolute Gasteiger partial charge is 0.457 e. The molecular formula is C39H40FN11O4. The van der Waals surface area contributed by atoms with Gasteiger partial charge in [0, 0.05) is 63.3 Å². The maximum absolute atomic E-state index is 16.1. The van der Waals surface area contributed by atoms with Gasteiger partial charge in [0.2, 0.25) is 11.8 Å². The molecule has 4 aliphatic rings. The number of nitrogen functional groups attached to an aromatic ring is 1. The average Bonchev–Trinajstić information content (AvgIpc) is 3.54. The van der Waals surface area contributed by atoms with E-state index < -0.39 is 30.1 Å². The highest BCUT2D eigenvalue weighted by atomic mass is 19.1. The number of hydrogen-bond acceptors (Lipinski definition) is 12. The molecule has 0 saturated carbocycles. The predicted octanol–water partition coefficient (Wildman–Crippen LogP) is 2.96. The summed E-state index contributed by atoms with van der Waals surface area (Å²) in [5, 5.41) is 10.4. The van der Waals surface area contributed by atoms with Crippen LogP contribution in [0.1, 0.15) is 35.8 Å². The number of nitrogens with zero attached hydrogens (tertiary/aromatic N) is 8. The Morgan fingerprint density at radius 1 is 0.873 bits per heavy atom. The number of pyridine rings is 1. The fraction of sp³-hybridized carbons (Fsp3) is 0.359. The van der Waals surface area contributed by atoms with Crippen molar-refractivity contribution in [2.75, 3.05) is 49.9 Å². The Hall–Kier alpha value is -6.00. The molecule has 3 atom stereocenters. The van der Waals surface area contributed by atoms with Crippen molar-refractivity contribution in [3.63, 3.8) is 0 Å². The van der Waals surface area contributed by atoms with Crippen LogP contribution in [0.5, 0.6) is 11.5 Å². The first-order valence-corrected chi connectivity index (χ1v) is 18.6. The van der Waals surface area contributed by atoms with E-state index in [1.807, 2.05) is 60.7 Å². The number of amides is 3. The Balaban J connectivity index is 0.779. The number of rotatable bonds is 9. The standard InChI is InChI=1S/C39H40FN11O4/c40-29-21-48(25-17-50(18-25)26-19-49(20-26)24-8-11-30(42-16-24)38(53)45-31-12-13-33(52)46-39(31)54)15-14-32(29)51-37-34(36(41)43-22-44-37)35(47-51)23-6-9-28(10-7-23)55-27-4-2-1-3-5-27/h1-11,16,22,25-26,29,31-32H,12-15,17-21H2,(H,45,53)(H2,41,43,44)(H,46,52,54)/t29-,31?,32-/m0/s1. The van der Waals surface area contributed by atoms with Crippen molar-refractivity contribution in [3.8, 4) is 22.8 Å². The maximum atomic E-state index is 16.1. The molecule has 0 bridgehead atoms. The van der Waals surface area contributed by atoms with Crippen LogP contribution < -0.4 is 26.0 Å². The third-order valence-corrected chi connectivity index (χ3v) is 11.2. The second-order valence-corrected chi connectivity index (χ2v) is 14.6. The number of aromatic nitrogens is 5. The number of carbonyl (C=O) groups excluding carboxylic acids is 3. The van der Waals surface area contributed by atoms with Gasteiger partial charge in [-0.15, -0.1) is 0 Å². The number of ether oxygens (including phenoxy) is 1. The smallest absolute Gasteiger partial charge is 0.270 e. The topological polar surface area (TPSA) is 177 Å². The van der Waals surface area contributed by atoms with Gasteiger partial charge in [-0.1, -0.05) is 18.2 Å². The Bertz CT molecular complexity index is 2220. The fourth-order valence-corrected chi connectivity index (χ4v) is 7.94. The number of alkyl halides is 1. The van der Waals surface area contributed by atoms with E-state index >= 15 is 4.39 Å². The van der Waals surface area contributed by atoms with Crippen molar-refractivity contribution >= 4 is 40.3 Å². The van der Waals surface area contributed by atoms with Crippen LogP contribution >= 0.6 is 0 Å². The van der Waals surface area contributed by atoms with Crippen LogP contribution in [0.3, 0.4) is 0 Å². The second-order valence-electron chi connectivity index (χ2n) is 14.6. The van der Waals surface area contributed by atoms with E-state index in [0.29, 0.717) is 47.3 Å². The van der Waals surface area contributed by atoms with E-state index in [1.54, 1.807) is 16.9 Å². The summed E-state index contributed by atoms with van der Waals surface area (Å²) in [6.45, 7) is 4.52. The maximum Gasteiger partial charge on any atom is 0.270 e. The second kappa shape index (κ2) is 14.3. The van der Waals surface area contributed by atoms with Gasteiger partial charge in [-0.3, -0.25) is 29.5 Å². The van der Waals surface area contributed by atoms with Gasteiger partial charge in [0.1, 0.15) is 47.2 Å². The molecule has 55 heavy (non-hydrogen) atoms. The molecule has 4 N–H and O–H groups in total. The molecule has 3 amide bonds. The molecule has 2 aromatic carbocycles. The van der Waals surface area contributed by atoms with Crippen LogP contribution in [0.4, 0.5) is 15.9 Å². The van der Waals surface area contributed by atoms with Gasteiger partial charge >= 0.3 is 0 Å². The molecule has 15 nitrogen and oxygen atoms in total. The molecule has 4 fully saturated rings. The first kappa shape index (κ1) is 34.7. The SMILES string of the molecule is Nc1ncnc2c1c(-c1ccc(Oc3ccccc3)cc1)nn2[C@H]1CCN(C2CN(C3CN(c4ccc(C(=O)NC5CCC(=O)NC5=O)nc4)C3)C2)C[C@@H]1F. The highest BCUT2D eigenvalue weighted by Gasteiger charge is 2.44. The van der Waals surface area contributed by atoms with E-state index in [-0.39, 0.29) is 30.5 Å². The minimum atomic E-state index is -1.14. The van der Waals surface area contributed by atoms with Crippen LogP contribution in [0, 0.1) is 0 Å². The number of imide groups is 1. The summed E-state index contributed by atoms with van der Waals surface area (Å²) in [5.74, 6) is 0.442. The molecule has 0 radical (unpaired) electrons. The zero-order chi connectivity index (χ0) is 37.6. The molecule has 0 spiro atoms. The molecule has 16 heteroatoms. The lowest BCUT2D eigenvalue weighted by atomic mass is 9.95. The number of nitrogens with one attached hydrogen (secondary N) is 2. The van der Waals surface area contributed by atoms with Crippen molar-refractivity contribution in [2.24, 2.45) is 0 Å². The van der Waals surface area contributed by atoms with E-state index in [0.717, 1.165) is 49.7 Å². The lowest BCUT2D eigenvalue weighted by Crippen LogP contribution is -2.70. The predicted molar refractivity (Wildman–Crippen MR) is 201 cm³/mol. The number of nitrogens with two attached hydrogens (primary N) is 1. The number of piperidine rings is 2. The number of carbonyl (C=O) groups is 3. The molecule has 1 unspecified atom stereocenters. The van der Waals surface area contributed by atoms with Gasteiger partial charge in [-0.05, 0) is 61.4 Å². The summed E-state index contributed by atoms with van der Waals surface area (Å²) in [4.78, 5) is 56.0. The molecule has 5 aromatic rings. The van der Waals surface area contributed by atoms with Crippen LogP contribution in [-0.4, -0.2) is 116 Å². The zero-order valence-electron chi connectivity index (χ0n) is 29.9. The van der Waals surface area contributed by atoms with E-state index in [1.165, 1.54) is 6.33 Å². The first-order valence-electron chi connectivity index (χ1n) is 18.6. The molecule has 4 saturated heterocycles. The zero-order valence-corrected chi connectivity index (χ0v) is 29.9. The molecule has 4 aliphatic heterocycles. The number of anilines is 2. The van der Waals surface area contributed by atoms with Gasteiger partial charge in [0.05, 0.1) is 23.3 Å². The van der Waals surface area contributed by atoms with Crippen LogP contribution in [-0.2, 0) is 9.59 Å². The molecule has 7 heterocycles. The minimum absolute atomic E-state index is 0.187. The third-order valence-electron chi connectivity index (χ3n) is 11.2. The summed E-state index contributed by atoms with van der Waals surface area (Å²) in [7, 11) is 0.